The molecule has 1 aliphatic rings. The second kappa shape index (κ2) is 18.6. The van der Waals surface area contributed by atoms with Crippen LogP contribution in [-0.4, -0.2) is 100 Å². The topological polar surface area (TPSA) is 282 Å². The van der Waals surface area contributed by atoms with Crippen LogP contribution in [0.5, 0.6) is 0 Å². The Labute approximate surface area is 275 Å². The van der Waals surface area contributed by atoms with Gasteiger partial charge in [-0.05, 0) is 75.5 Å². The Morgan fingerprint density at radius 3 is 2.19 bits per heavy atom. The maximum atomic E-state index is 13.9. The molecular formula is C31H51N9O7. The van der Waals surface area contributed by atoms with Crippen LogP contribution in [0.25, 0.3) is 0 Å². The molecule has 0 aliphatic carbocycles. The van der Waals surface area contributed by atoms with Crippen LogP contribution in [0.2, 0.25) is 0 Å². The number of aryl methyl sites for hydroxylation is 1. The number of nitrogen functional groups attached to an aromatic ring is 1. The van der Waals surface area contributed by atoms with Gasteiger partial charge in [-0.25, -0.2) is 4.79 Å². The molecule has 1 aliphatic heterocycles. The predicted octanol–water partition coefficient (Wildman–Crippen LogP) is -1.46. The third-order valence-electron chi connectivity index (χ3n) is 7.85. The Bertz CT molecular complexity index is 1250. The number of nitrogens with zero attached hydrogens (tertiary/aromatic N) is 2. The lowest BCUT2D eigenvalue weighted by Gasteiger charge is -2.31. The van der Waals surface area contributed by atoms with Gasteiger partial charge in [0.1, 0.15) is 18.1 Å². The van der Waals surface area contributed by atoms with Crippen LogP contribution in [0.15, 0.2) is 29.3 Å². The number of rotatable bonds is 18. The lowest BCUT2D eigenvalue weighted by Crippen LogP contribution is -2.59. The van der Waals surface area contributed by atoms with E-state index in [1.165, 1.54) is 11.8 Å². The minimum Gasteiger partial charge on any atom is -0.480 e. The number of nitrogens with one attached hydrogen (secondary N) is 3. The lowest BCUT2D eigenvalue weighted by atomic mass is 10.00. The zero-order valence-corrected chi connectivity index (χ0v) is 27.4. The Hall–Kier alpha value is -4.44. The molecule has 1 heterocycles. The van der Waals surface area contributed by atoms with Crippen molar-refractivity contribution in [3.8, 4) is 0 Å². The van der Waals surface area contributed by atoms with E-state index in [4.69, 9.17) is 22.9 Å². The number of aliphatic imine (C=N–C) groups is 1. The van der Waals surface area contributed by atoms with E-state index in [0.29, 0.717) is 24.9 Å². The number of benzene rings is 1. The number of likely N-dealkylation sites (tertiary alicyclic amines) is 1. The average molecular weight is 662 g/mol. The molecule has 1 aromatic carbocycles. The second-order valence-electron chi connectivity index (χ2n) is 12.3. The molecule has 16 heteroatoms. The standard InChI is InChI=1S/C31H51N9O7/c1-17(2)16-23(29(45)40-15-5-7-24(40)28(44)39-25(18(3)41)30(46)47)38-27(43)22(13-10-19-8-11-20(32)12-9-19)37-26(42)21(33)6-4-14-36-31(34)35/h8-9,11-12,17-18,21-25,41H,4-7,10,13-16,32-33H2,1-3H3,(H,37,42)(H,38,43)(H,39,44)(H,46,47)(H4,34,35,36)/t18-,21+,22+,23+,24+,25+/m1/s1. The van der Waals surface area contributed by atoms with Crippen LogP contribution in [0.4, 0.5) is 5.69 Å². The van der Waals surface area contributed by atoms with E-state index >= 15 is 0 Å². The summed E-state index contributed by atoms with van der Waals surface area (Å²) in [5.41, 5.74) is 24.0. The summed E-state index contributed by atoms with van der Waals surface area (Å²) in [4.78, 5) is 70.5. The van der Waals surface area contributed by atoms with E-state index in [1.54, 1.807) is 12.1 Å². The fraction of sp³-hybridized carbons (Fsp3) is 0.613. The molecule has 0 bridgehead atoms. The molecule has 1 saturated heterocycles. The summed E-state index contributed by atoms with van der Waals surface area (Å²) in [7, 11) is 0. The summed E-state index contributed by atoms with van der Waals surface area (Å²) < 4.78 is 0. The second-order valence-corrected chi connectivity index (χ2v) is 12.3. The van der Waals surface area contributed by atoms with E-state index in [9.17, 15) is 34.2 Å². The maximum absolute atomic E-state index is 13.9. The molecule has 16 nitrogen and oxygen atoms in total. The number of aliphatic hydroxyl groups is 1. The van der Waals surface area contributed by atoms with Gasteiger partial charge >= 0.3 is 5.97 Å². The smallest absolute Gasteiger partial charge is 0.328 e. The van der Waals surface area contributed by atoms with Crippen molar-refractivity contribution in [2.75, 3.05) is 18.8 Å². The van der Waals surface area contributed by atoms with E-state index < -0.39 is 65.9 Å². The number of guanidine groups is 1. The van der Waals surface area contributed by atoms with Crippen molar-refractivity contribution in [1.82, 2.24) is 20.9 Å². The number of aliphatic hydroxyl groups excluding tert-OH is 1. The minimum absolute atomic E-state index is 0.0350. The Morgan fingerprint density at radius 2 is 1.62 bits per heavy atom. The lowest BCUT2D eigenvalue weighted by molar-refractivity contribution is -0.147. The first kappa shape index (κ1) is 38.7. The van der Waals surface area contributed by atoms with Crippen LogP contribution in [0.3, 0.4) is 0 Å². The molecule has 13 N–H and O–H groups in total. The molecule has 2 rings (SSSR count). The van der Waals surface area contributed by atoms with E-state index in [0.717, 1.165) is 5.56 Å². The first-order chi connectivity index (χ1) is 22.1. The van der Waals surface area contributed by atoms with Crippen LogP contribution >= 0.6 is 0 Å². The highest BCUT2D eigenvalue weighted by molar-refractivity contribution is 5.95. The molecule has 0 unspecified atom stereocenters. The van der Waals surface area contributed by atoms with E-state index in [-0.39, 0.29) is 50.7 Å². The molecule has 262 valence electrons. The highest BCUT2D eigenvalue weighted by Gasteiger charge is 2.40. The van der Waals surface area contributed by atoms with Gasteiger partial charge < -0.3 is 54.0 Å². The average Bonchev–Trinajstić information content (AvgIpc) is 3.49. The van der Waals surface area contributed by atoms with Crippen molar-refractivity contribution >= 4 is 41.2 Å². The van der Waals surface area contributed by atoms with Crippen molar-refractivity contribution in [3.63, 3.8) is 0 Å². The van der Waals surface area contributed by atoms with Gasteiger partial charge in [0.2, 0.25) is 23.6 Å². The van der Waals surface area contributed by atoms with Gasteiger partial charge in [-0.1, -0.05) is 26.0 Å². The Balaban J connectivity index is 2.23. The summed E-state index contributed by atoms with van der Waals surface area (Å²) in [6.07, 6.45) is 0.950. The Kier molecular flexibility index (Phi) is 15.4. The number of aliphatic carboxylic acids is 1. The molecule has 0 aromatic heterocycles. The van der Waals surface area contributed by atoms with Crippen LogP contribution < -0.4 is 38.9 Å². The number of carbonyl (C=O) groups is 5. The number of hydrogen-bond donors (Lipinski definition) is 9. The molecule has 4 amide bonds. The van der Waals surface area contributed by atoms with Crippen LogP contribution in [-0.2, 0) is 30.4 Å². The molecule has 0 spiro atoms. The zero-order chi connectivity index (χ0) is 35.3. The largest absolute Gasteiger partial charge is 0.480 e. The number of nitrogens with two attached hydrogens (primary N) is 4. The van der Waals surface area contributed by atoms with Crippen molar-refractivity contribution in [2.45, 2.75) is 102 Å². The number of carbonyl (C=O) groups excluding carboxylic acids is 4. The zero-order valence-electron chi connectivity index (χ0n) is 27.4. The summed E-state index contributed by atoms with van der Waals surface area (Å²) >= 11 is 0. The van der Waals surface area contributed by atoms with Crippen LogP contribution in [0.1, 0.15) is 64.9 Å². The third-order valence-corrected chi connectivity index (χ3v) is 7.85. The van der Waals surface area contributed by atoms with Gasteiger partial charge in [0.15, 0.2) is 12.0 Å². The SMILES string of the molecule is CC(C)C[C@H](NC(=O)[C@H](CCc1ccc(N)cc1)NC(=O)[C@@H](N)CCCN=C(N)N)C(=O)N1CCC[C@H]1C(=O)N[C@H](C(=O)O)[C@@H](C)O. The molecule has 1 aromatic rings. The molecule has 47 heavy (non-hydrogen) atoms. The summed E-state index contributed by atoms with van der Waals surface area (Å²) in [5.74, 6) is -3.88. The first-order valence-corrected chi connectivity index (χ1v) is 15.9. The van der Waals surface area contributed by atoms with Gasteiger partial charge in [0.05, 0.1) is 12.1 Å². The fourth-order valence-electron chi connectivity index (χ4n) is 5.30. The number of anilines is 1. The Morgan fingerprint density at radius 1 is 0.979 bits per heavy atom. The minimum atomic E-state index is -1.55. The number of hydrogen-bond acceptors (Lipinski definition) is 9. The molecular weight excluding hydrogens is 610 g/mol. The van der Waals surface area contributed by atoms with Crippen molar-refractivity contribution < 1.29 is 34.2 Å². The van der Waals surface area contributed by atoms with Gasteiger partial charge in [-0.15, -0.1) is 0 Å². The molecule has 0 radical (unpaired) electrons. The number of carboxylic acid groups (broad SMARTS) is 1. The van der Waals surface area contributed by atoms with Gasteiger partial charge in [-0.2, -0.15) is 0 Å². The predicted molar refractivity (Wildman–Crippen MR) is 176 cm³/mol. The summed E-state index contributed by atoms with van der Waals surface area (Å²) in [6, 6.07) is 1.55. The van der Waals surface area contributed by atoms with Crippen molar-refractivity contribution in [2.24, 2.45) is 28.1 Å². The number of carboxylic acids is 1. The fourth-order valence-corrected chi connectivity index (χ4v) is 5.30. The van der Waals surface area contributed by atoms with Gasteiger partial charge in [0, 0.05) is 18.8 Å². The number of amides is 4. The van der Waals surface area contributed by atoms with Gasteiger partial charge in [0.25, 0.3) is 0 Å². The van der Waals surface area contributed by atoms with Crippen LogP contribution in [0, 0.1) is 5.92 Å². The highest BCUT2D eigenvalue weighted by Crippen LogP contribution is 2.21. The molecule has 6 atom stereocenters. The monoisotopic (exact) mass is 661 g/mol. The molecule has 0 saturated carbocycles. The normalized spacial score (nSPS) is 17.6. The summed E-state index contributed by atoms with van der Waals surface area (Å²) in [5, 5.41) is 27.0. The summed E-state index contributed by atoms with van der Waals surface area (Å²) in [6.45, 7) is 5.51. The quantitative estimate of drug-likeness (QED) is 0.0379. The first-order valence-electron chi connectivity index (χ1n) is 15.9. The maximum Gasteiger partial charge on any atom is 0.328 e. The third kappa shape index (κ3) is 12.7. The van der Waals surface area contributed by atoms with Gasteiger partial charge in [-0.3, -0.25) is 24.2 Å². The van der Waals surface area contributed by atoms with Crippen molar-refractivity contribution in [1.29, 1.82) is 0 Å². The van der Waals surface area contributed by atoms with Crippen molar-refractivity contribution in [3.05, 3.63) is 29.8 Å². The molecule has 1 fully saturated rings. The van der Waals surface area contributed by atoms with E-state index in [2.05, 4.69) is 20.9 Å². The highest BCUT2D eigenvalue weighted by atomic mass is 16.4. The van der Waals surface area contributed by atoms with E-state index in [1.807, 2.05) is 26.0 Å².